The van der Waals surface area contributed by atoms with Crippen LogP contribution in [-0.2, 0) is 6.42 Å². The van der Waals surface area contributed by atoms with Crippen LogP contribution in [-0.4, -0.2) is 19.7 Å². The average Bonchev–Trinajstić information content (AvgIpc) is 2.31. The highest BCUT2D eigenvalue weighted by molar-refractivity contribution is 5.34. The van der Waals surface area contributed by atoms with E-state index in [4.69, 9.17) is 4.74 Å². The second-order valence-corrected chi connectivity index (χ2v) is 3.44. The van der Waals surface area contributed by atoms with Crippen LogP contribution in [0.2, 0.25) is 0 Å². The van der Waals surface area contributed by atoms with Crippen molar-refractivity contribution in [1.82, 2.24) is 5.32 Å². The van der Waals surface area contributed by atoms with Gasteiger partial charge in [0.2, 0.25) is 0 Å². The smallest absolute Gasteiger partial charge is 0.122 e. The highest BCUT2D eigenvalue weighted by atomic mass is 16.5. The highest BCUT2D eigenvalue weighted by Crippen LogP contribution is 2.18. The molecule has 1 aromatic carbocycles. The zero-order valence-electron chi connectivity index (χ0n) is 9.61. The maximum atomic E-state index is 5.69. The van der Waals surface area contributed by atoms with Crippen LogP contribution in [0.5, 0.6) is 5.75 Å². The van der Waals surface area contributed by atoms with Gasteiger partial charge >= 0.3 is 0 Å². The quantitative estimate of drug-likeness (QED) is 0.534. The Morgan fingerprint density at radius 2 is 2.00 bits per heavy atom. The fourth-order valence-electron chi connectivity index (χ4n) is 1.41. The lowest BCUT2D eigenvalue weighted by Crippen LogP contribution is -2.21. The van der Waals surface area contributed by atoms with Crippen molar-refractivity contribution < 1.29 is 4.74 Å². The van der Waals surface area contributed by atoms with E-state index in [1.54, 1.807) is 0 Å². The molecule has 1 rings (SSSR count). The lowest BCUT2D eigenvalue weighted by Gasteiger charge is -2.10. The fourth-order valence-corrected chi connectivity index (χ4v) is 1.41. The predicted molar refractivity (Wildman–Crippen MR) is 68.9 cm³/mol. The van der Waals surface area contributed by atoms with E-state index in [1.165, 1.54) is 5.56 Å². The normalized spacial score (nSPS) is 9.75. The lowest BCUT2D eigenvalue weighted by atomic mass is 10.1. The zero-order chi connectivity index (χ0) is 11.6. The molecule has 0 aliphatic heterocycles. The van der Waals surface area contributed by atoms with Crippen LogP contribution in [0.25, 0.3) is 0 Å². The van der Waals surface area contributed by atoms with E-state index in [0.29, 0.717) is 6.61 Å². The molecule has 2 heteroatoms. The van der Waals surface area contributed by atoms with Crippen LogP contribution < -0.4 is 10.1 Å². The molecule has 1 N–H and O–H groups in total. The Hall–Kier alpha value is -1.54. The molecule has 86 valence electrons. The third-order valence-corrected chi connectivity index (χ3v) is 2.16. The maximum absolute atomic E-state index is 5.69. The molecule has 0 spiro atoms. The summed E-state index contributed by atoms with van der Waals surface area (Å²) in [5, 5.41) is 3.19. The van der Waals surface area contributed by atoms with Crippen LogP contribution >= 0.6 is 0 Å². The first kappa shape index (κ1) is 12.5. The van der Waals surface area contributed by atoms with Crippen molar-refractivity contribution >= 4 is 0 Å². The number of para-hydroxylation sites is 1. The van der Waals surface area contributed by atoms with Crippen LogP contribution in [0, 0.1) is 0 Å². The molecule has 0 aliphatic rings. The topological polar surface area (TPSA) is 21.3 Å². The number of rotatable bonds is 8. The van der Waals surface area contributed by atoms with Crippen molar-refractivity contribution in [3.63, 3.8) is 0 Å². The maximum Gasteiger partial charge on any atom is 0.122 e. The van der Waals surface area contributed by atoms with Gasteiger partial charge in [-0.25, -0.2) is 0 Å². The van der Waals surface area contributed by atoms with E-state index >= 15 is 0 Å². The Morgan fingerprint density at radius 1 is 1.19 bits per heavy atom. The molecule has 0 unspecified atom stereocenters. The van der Waals surface area contributed by atoms with E-state index in [9.17, 15) is 0 Å². The summed E-state index contributed by atoms with van der Waals surface area (Å²) in [7, 11) is 0. The first-order chi connectivity index (χ1) is 7.88. The minimum atomic E-state index is 0.669. The number of hydrogen-bond donors (Lipinski definition) is 1. The summed E-state index contributed by atoms with van der Waals surface area (Å²) in [5.41, 5.74) is 1.18. The van der Waals surface area contributed by atoms with Gasteiger partial charge in [-0.05, 0) is 18.1 Å². The zero-order valence-corrected chi connectivity index (χ0v) is 9.61. The van der Waals surface area contributed by atoms with Crippen molar-refractivity contribution in [2.45, 2.75) is 6.42 Å². The highest BCUT2D eigenvalue weighted by Gasteiger charge is 1.99. The molecule has 0 fully saturated rings. The van der Waals surface area contributed by atoms with Crippen LogP contribution in [0.3, 0.4) is 0 Å². The number of ether oxygens (including phenoxy) is 1. The molecule has 0 saturated carbocycles. The molecule has 0 aromatic heterocycles. The second kappa shape index (κ2) is 7.71. The van der Waals surface area contributed by atoms with Gasteiger partial charge in [0, 0.05) is 13.1 Å². The summed E-state index contributed by atoms with van der Waals surface area (Å²) < 4.78 is 5.69. The van der Waals surface area contributed by atoms with Gasteiger partial charge in [0.05, 0.1) is 0 Å². The molecule has 0 bridgehead atoms. The Labute approximate surface area is 97.6 Å². The van der Waals surface area contributed by atoms with E-state index in [0.717, 1.165) is 25.3 Å². The fraction of sp³-hybridized carbons (Fsp3) is 0.286. The number of hydrogen-bond acceptors (Lipinski definition) is 2. The molecule has 0 radical (unpaired) electrons. The third kappa shape index (κ3) is 4.32. The van der Waals surface area contributed by atoms with Crippen molar-refractivity contribution in [3.05, 3.63) is 55.1 Å². The van der Waals surface area contributed by atoms with Gasteiger partial charge in [-0.2, -0.15) is 0 Å². The summed E-state index contributed by atoms with van der Waals surface area (Å²) in [4.78, 5) is 0. The third-order valence-electron chi connectivity index (χ3n) is 2.16. The van der Waals surface area contributed by atoms with E-state index in [2.05, 4.69) is 24.5 Å². The first-order valence-electron chi connectivity index (χ1n) is 5.51. The molecule has 0 aliphatic carbocycles. The number of allylic oxidation sites excluding steroid dienone is 1. The minimum absolute atomic E-state index is 0.669. The largest absolute Gasteiger partial charge is 0.492 e. The summed E-state index contributed by atoms with van der Waals surface area (Å²) in [6.07, 6.45) is 4.57. The molecule has 0 amide bonds. The SMILES string of the molecule is C=CCNCCOc1ccccc1CC=C. The summed E-state index contributed by atoms with van der Waals surface area (Å²) in [5.74, 6) is 0.947. The Morgan fingerprint density at radius 3 is 2.75 bits per heavy atom. The van der Waals surface area contributed by atoms with Crippen molar-refractivity contribution in [3.8, 4) is 5.75 Å². The van der Waals surface area contributed by atoms with Gasteiger partial charge in [-0.3, -0.25) is 0 Å². The van der Waals surface area contributed by atoms with E-state index < -0.39 is 0 Å². The van der Waals surface area contributed by atoms with Gasteiger partial charge in [-0.1, -0.05) is 30.4 Å². The van der Waals surface area contributed by atoms with Gasteiger partial charge in [-0.15, -0.1) is 13.2 Å². The van der Waals surface area contributed by atoms with Gasteiger partial charge in [0.25, 0.3) is 0 Å². The molecular formula is C14H19NO. The Bertz CT molecular complexity index is 333. The molecule has 0 saturated heterocycles. The average molecular weight is 217 g/mol. The van der Waals surface area contributed by atoms with Crippen molar-refractivity contribution in [2.24, 2.45) is 0 Å². The summed E-state index contributed by atoms with van der Waals surface area (Å²) >= 11 is 0. The Kier molecular flexibility index (Phi) is 6.04. The molecule has 0 atom stereocenters. The monoisotopic (exact) mass is 217 g/mol. The standard InChI is InChI=1S/C14H19NO/c1-3-7-13-8-5-6-9-14(13)16-12-11-15-10-4-2/h3-6,8-9,15H,1-2,7,10-12H2. The minimum Gasteiger partial charge on any atom is -0.492 e. The molecule has 1 aromatic rings. The van der Waals surface area contributed by atoms with E-state index in [1.807, 2.05) is 30.4 Å². The predicted octanol–water partition coefficient (Wildman–Crippen LogP) is 2.57. The molecule has 16 heavy (non-hydrogen) atoms. The van der Waals surface area contributed by atoms with Gasteiger partial charge in [0.1, 0.15) is 12.4 Å². The molecule has 2 nitrogen and oxygen atoms in total. The molecule has 0 heterocycles. The van der Waals surface area contributed by atoms with Crippen LogP contribution in [0.15, 0.2) is 49.6 Å². The summed E-state index contributed by atoms with van der Waals surface area (Å²) in [6, 6.07) is 8.06. The summed E-state index contributed by atoms with van der Waals surface area (Å²) in [6.45, 7) is 9.69. The van der Waals surface area contributed by atoms with Crippen molar-refractivity contribution in [1.29, 1.82) is 0 Å². The van der Waals surface area contributed by atoms with Crippen LogP contribution in [0.1, 0.15) is 5.56 Å². The van der Waals surface area contributed by atoms with Crippen molar-refractivity contribution in [2.75, 3.05) is 19.7 Å². The first-order valence-corrected chi connectivity index (χ1v) is 5.51. The number of benzene rings is 1. The van der Waals surface area contributed by atoms with E-state index in [-0.39, 0.29) is 0 Å². The Balaban J connectivity index is 2.39. The van der Waals surface area contributed by atoms with Gasteiger partial charge < -0.3 is 10.1 Å². The second-order valence-electron chi connectivity index (χ2n) is 3.44. The van der Waals surface area contributed by atoms with Gasteiger partial charge in [0.15, 0.2) is 0 Å². The van der Waals surface area contributed by atoms with Crippen LogP contribution in [0.4, 0.5) is 0 Å². The number of nitrogens with one attached hydrogen (secondary N) is 1. The molecular weight excluding hydrogens is 198 g/mol. The lowest BCUT2D eigenvalue weighted by molar-refractivity contribution is 0.314.